The first-order chi connectivity index (χ1) is 13.8. The standard InChI is InChI=1S/C17H17ClF5N3O4/c1-8(13(27)24-7-16(19,20)17(21,22)23)14(28)25-10-6-30-12-9(18)4-3-5-11(12)26(2)15(10)29/h3-5,8,10H,6-7H2,1-2H3,(H,24,27)(H,25,28)/t8?,10-/m0/s1. The second-order valence-electron chi connectivity index (χ2n) is 6.50. The molecule has 1 aromatic carbocycles. The van der Waals surface area contributed by atoms with Crippen molar-refractivity contribution in [3.05, 3.63) is 23.2 Å². The van der Waals surface area contributed by atoms with Crippen molar-refractivity contribution in [2.24, 2.45) is 5.92 Å². The van der Waals surface area contributed by atoms with Crippen LogP contribution in [0.4, 0.5) is 27.6 Å². The number of amides is 3. The summed E-state index contributed by atoms with van der Waals surface area (Å²) in [7, 11) is 1.40. The number of nitrogens with zero attached hydrogens (tertiary/aromatic N) is 1. The van der Waals surface area contributed by atoms with Crippen LogP contribution in [0.3, 0.4) is 0 Å². The highest BCUT2D eigenvalue weighted by Gasteiger charge is 2.57. The fraction of sp³-hybridized carbons (Fsp3) is 0.471. The van der Waals surface area contributed by atoms with E-state index in [-0.39, 0.29) is 17.4 Å². The topological polar surface area (TPSA) is 87.7 Å². The van der Waals surface area contributed by atoms with Crippen molar-refractivity contribution < 1.29 is 41.1 Å². The molecular formula is C17H17ClF5N3O4. The molecule has 0 fully saturated rings. The molecule has 1 unspecified atom stereocenters. The van der Waals surface area contributed by atoms with Crippen LogP contribution in [0.5, 0.6) is 5.75 Å². The predicted molar refractivity (Wildman–Crippen MR) is 95.5 cm³/mol. The van der Waals surface area contributed by atoms with E-state index in [1.165, 1.54) is 23.3 Å². The predicted octanol–water partition coefficient (Wildman–Crippen LogP) is 2.13. The Morgan fingerprint density at radius 2 is 1.90 bits per heavy atom. The van der Waals surface area contributed by atoms with Gasteiger partial charge in [0.2, 0.25) is 11.8 Å². The van der Waals surface area contributed by atoms with Crippen molar-refractivity contribution >= 4 is 35.0 Å². The van der Waals surface area contributed by atoms with Crippen molar-refractivity contribution in [3.8, 4) is 5.75 Å². The van der Waals surface area contributed by atoms with E-state index >= 15 is 0 Å². The molecule has 166 valence electrons. The van der Waals surface area contributed by atoms with Crippen LogP contribution in [0, 0.1) is 5.92 Å². The highest BCUT2D eigenvalue weighted by atomic mass is 35.5. The Balaban J connectivity index is 2.02. The van der Waals surface area contributed by atoms with E-state index in [2.05, 4.69) is 5.32 Å². The first kappa shape index (κ1) is 23.6. The van der Waals surface area contributed by atoms with E-state index in [0.29, 0.717) is 5.69 Å². The lowest BCUT2D eigenvalue weighted by molar-refractivity contribution is -0.278. The summed E-state index contributed by atoms with van der Waals surface area (Å²) >= 11 is 6.03. The second kappa shape index (κ2) is 8.62. The number of para-hydroxylation sites is 1. The van der Waals surface area contributed by atoms with Crippen LogP contribution in [-0.2, 0) is 14.4 Å². The fourth-order valence-electron chi connectivity index (χ4n) is 2.47. The quantitative estimate of drug-likeness (QED) is 0.524. The summed E-state index contributed by atoms with van der Waals surface area (Å²) in [5.74, 6) is -9.64. The van der Waals surface area contributed by atoms with Crippen molar-refractivity contribution in [1.29, 1.82) is 0 Å². The second-order valence-corrected chi connectivity index (χ2v) is 6.91. The first-order valence-electron chi connectivity index (χ1n) is 8.47. The smallest absolute Gasteiger partial charge is 0.455 e. The third-order valence-electron chi connectivity index (χ3n) is 4.33. The number of alkyl halides is 5. The molecule has 1 heterocycles. The van der Waals surface area contributed by atoms with Gasteiger partial charge in [-0.3, -0.25) is 14.4 Å². The maximum absolute atomic E-state index is 12.9. The molecule has 2 rings (SSSR count). The van der Waals surface area contributed by atoms with Crippen LogP contribution in [0.25, 0.3) is 0 Å². The van der Waals surface area contributed by atoms with Crippen LogP contribution in [-0.4, -0.2) is 56.1 Å². The molecule has 0 saturated heterocycles. The molecule has 1 aliphatic heterocycles. The fourth-order valence-corrected chi connectivity index (χ4v) is 2.69. The summed E-state index contributed by atoms with van der Waals surface area (Å²) in [5.41, 5.74) is 0.337. The number of anilines is 1. The average molecular weight is 458 g/mol. The molecule has 0 spiro atoms. The molecule has 0 saturated carbocycles. The molecule has 30 heavy (non-hydrogen) atoms. The van der Waals surface area contributed by atoms with Gasteiger partial charge in [0.15, 0.2) is 5.75 Å². The number of ether oxygens (including phenoxy) is 1. The number of likely N-dealkylation sites (N-methyl/N-ethyl adjacent to an activating group) is 1. The van der Waals surface area contributed by atoms with Crippen LogP contribution in [0.1, 0.15) is 6.92 Å². The zero-order valence-electron chi connectivity index (χ0n) is 15.6. The van der Waals surface area contributed by atoms with Crippen LogP contribution in [0.2, 0.25) is 5.02 Å². The maximum atomic E-state index is 12.9. The van der Waals surface area contributed by atoms with E-state index in [1.807, 2.05) is 0 Å². The Morgan fingerprint density at radius 3 is 2.50 bits per heavy atom. The van der Waals surface area contributed by atoms with E-state index < -0.39 is 48.3 Å². The van der Waals surface area contributed by atoms with Gasteiger partial charge in [-0.2, -0.15) is 22.0 Å². The molecule has 7 nitrogen and oxygen atoms in total. The number of fused-ring (bicyclic) bond motifs is 1. The molecule has 1 aromatic rings. The van der Waals surface area contributed by atoms with Gasteiger partial charge in [-0.05, 0) is 19.1 Å². The Morgan fingerprint density at radius 1 is 1.27 bits per heavy atom. The Hall–Kier alpha value is -2.63. The summed E-state index contributed by atoms with van der Waals surface area (Å²) in [4.78, 5) is 37.8. The minimum atomic E-state index is -5.85. The minimum absolute atomic E-state index is 0.201. The lowest BCUT2D eigenvalue weighted by Crippen LogP contribution is -2.53. The van der Waals surface area contributed by atoms with Crippen LogP contribution < -0.4 is 20.3 Å². The zero-order valence-corrected chi connectivity index (χ0v) is 16.4. The van der Waals surface area contributed by atoms with Gasteiger partial charge in [0.25, 0.3) is 5.91 Å². The number of rotatable bonds is 5. The lowest BCUT2D eigenvalue weighted by Gasteiger charge is -2.23. The van der Waals surface area contributed by atoms with E-state index in [1.54, 1.807) is 12.1 Å². The van der Waals surface area contributed by atoms with Gasteiger partial charge in [0.1, 0.15) is 18.6 Å². The molecule has 0 aromatic heterocycles. The maximum Gasteiger partial charge on any atom is 0.455 e. The molecule has 2 N–H and O–H groups in total. The van der Waals surface area contributed by atoms with Crippen molar-refractivity contribution in [2.75, 3.05) is 25.1 Å². The average Bonchev–Trinajstić information content (AvgIpc) is 2.77. The molecule has 3 amide bonds. The third-order valence-corrected chi connectivity index (χ3v) is 4.63. The van der Waals surface area contributed by atoms with Crippen molar-refractivity contribution in [3.63, 3.8) is 0 Å². The summed E-state index contributed by atoms with van der Waals surface area (Å²) in [5, 5.41) is 3.84. The monoisotopic (exact) mass is 457 g/mol. The summed E-state index contributed by atoms with van der Waals surface area (Å²) in [6, 6.07) is 3.41. The molecule has 0 bridgehead atoms. The summed E-state index contributed by atoms with van der Waals surface area (Å²) in [6.45, 7) is -1.37. The number of hydrogen-bond donors (Lipinski definition) is 2. The number of carbonyl (C=O) groups is 3. The highest BCUT2D eigenvalue weighted by molar-refractivity contribution is 6.32. The molecule has 2 atom stereocenters. The highest BCUT2D eigenvalue weighted by Crippen LogP contribution is 2.37. The van der Waals surface area contributed by atoms with E-state index in [4.69, 9.17) is 16.3 Å². The number of nitrogens with one attached hydrogen (secondary N) is 2. The number of benzene rings is 1. The zero-order chi connectivity index (χ0) is 22.9. The van der Waals surface area contributed by atoms with Gasteiger partial charge < -0.3 is 20.3 Å². The van der Waals surface area contributed by atoms with E-state index in [9.17, 15) is 36.3 Å². The van der Waals surface area contributed by atoms with Gasteiger partial charge in [0, 0.05) is 7.05 Å². The number of carbonyl (C=O) groups excluding carboxylic acids is 3. The Labute approximate surface area is 172 Å². The SMILES string of the molecule is CC(C(=O)NCC(F)(F)C(F)(F)F)C(=O)N[C@H]1COc2c(Cl)cccc2N(C)C1=O. The van der Waals surface area contributed by atoms with Gasteiger partial charge in [-0.25, -0.2) is 0 Å². The van der Waals surface area contributed by atoms with E-state index in [0.717, 1.165) is 6.92 Å². The molecular weight excluding hydrogens is 441 g/mol. The molecule has 0 radical (unpaired) electrons. The normalized spacial score (nSPS) is 18.1. The summed E-state index contributed by atoms with van der Waals surface area (Å²) in [6.07, 6.45) is -5.85. The van der Waals surface area contributed by atoms with Gasteiger partial charge in [0.05, 0.1) is 17.3 Å². The Bertz CT molecular complexity index is 849. The van der Waals surface area contributed by atoms with Crippen LogP contribution >= 0.6 is 11.6 Å². The number of halogens is 6. The van der Waals surface area contributed by atoms with Gasteiger partial charge in [-0.15, -0.1) is 0 Å². The van der Waals surface area contributed by atoms with Crippen molar-refractivity contribution in [2.45, 2.75) is 25.1 Å². The summed E-state index contributed by atoms with van der Waals surface area (Å²) < 4.78 is 67.8. The van der Waals surface area contributed by atoms with Gasteiger partial charge >= 0.3 is 12.1 Å². The molecule has 1 aliphatic rings. The van der Waals surface area contributed by atoms with Crippen molar-refractivity contribution in [1.82, 2.24) is 10.6 Å². The minimum Gasteiger partial charge on any atom is -0.487 e. The largest absolute Gasteiger partial charge is 0.487 e. The van der Waals surface area contributed by atoms with Gasteiger partial charge in [-0.1, -0.05) is 17.7 Å². The molecule has 0 aliphatic carbocycles. The van der Waals surface area contributed by atoms with Crippen LogP contribution in [0.15, 0.2) is 18.2 Å². The lowest BCUT2D eigenvalue weighted by atomic mass is 10.1. The number of hydrogen-bond acceptors (Lipinski definition) is 4. The first-order valence-corrected chi connectivity index (χ1v) is 8.85. The Kier molecular flexibility index (Phi) is 6.80. The molecule has 13 heteroatoms. The third kappa shape index (κ3) is 4.91.